The number of alkyl halides is 4. The second kappa shape index (κ2) is 7.86. The third-order valence-corrected chi connectivity index (χ3v) is 4.87. The first-order chi connectivity index (χ1) is 14.3. The zero-order chi connectivity index (χ0) is 21.4. The van der Waals surface area contributed by atoms with Crippen molar-refractivity contribution in [1.82, 2.24) is 20.2 Å². The SMILES string of the molecule is CN(Cc1ccccc1C(F)F)N1Cc2ccc(-c3nnc(C(F)F)o3)cc2C1=O. The van der Waals surface area contributed by atoms with E-state index in [1.54, 1.807) is 42.4 Å². The van der Waals surface area contributed by atoms with E-state index in [4.69, 9.17) is 4.42 Å². The number of nitrogens with zero attached hydrogens (tertiary/aromatic N) is 4. The number of aromatic nitrogens is 2. The molecule has 2 heterocycles. The maximum absolute atomic E-state index is 13.2. The van der Waals surface area contributed by atoms with Crippen LogP contribution in [-0.4, -0.2) is 33.2 Å². The zero-order valence-corrected chi connectivity index (χ0v) is 15.7. The second-order valence-corrected chi connectivity index (χ2v) is 6.80. The van der Waals surface area contributed by atoms with Crippen molar-refractivity contribution in [1.29, 1.82) is 0 Å². The highest BCUT2D eigenvalue weighted by atomic mass is 19.3. The molecule has 4 rings (SSSR count). The van der Waals surface area contributed by atoms with Gasteiger partial charge in [-0.2, -0.15) is 8.78 Å². The van der Waals surface area contributed by atoms with Gasteiger partial charge in [0.05, 0.1) is 6.54 Å². The molecule has 1 aliphatic heterocycles. The molecule has 30 heavy (non-hydrogen) atoms. The molecule has 0 aliphatic carbocycles. The van der Waals surface area contributed by atoms with Gasteiger partial charge in [-0.25, -0.2) is 13.8 Å². The monoisotopic (exact) mass is 420 g/mol. The van der Waals surface area contributed by atoms with Crippen LogP contribution < -0.4 is 0 Å². The molecule has 0 bridgehead atoms. The molecule has 0 spiro atoms. The van der Waals surface area contributed by atoms with Crippen molar-refractivity contribution in [2.75, 3.05) is 7.05 Å². The third-order valence-electron chi connectivity index (χ3n) is 4.87. The summed E-state index contributed by atoms with van der Waals surface area (Å²) >= 11 is 0. The molecule has 10 heteroatoms. The zero-order valence-electron chi connectivity index (χ0n) is 15.7. The number of amides is 1. The Bertz CT molecular complexity index is 1090. The number of hydrazine groups is 1. The van der Waals surface area contributed by atoms with Gasteiger partial charge in [-0.1, -0.05) is 30.3 Å². The number of rotatable bonds is 6. The Morgan fingerprint density at radius 1 is 1.10 bits per heavy atom. The topological polar surface area (TPSA) is 62.5 Å². The van der Waals surface area contributed by atoms with Crippen molar-refractivity contribution in [3.63, 3.8) is 0 Å². The van der Waals surface area contributed by atoms with Crippen LogP contribution in [-0.2, 0) is 13.1 Å². The largest absolute Gasteiger partial charge is 0.415 e. The van der Waals surface area contributed by atoms with E-state index in [-0.39, 0.29) is 30.5 Å². The quantitative estimate of drug-likeness (QED) is 0.545. The molecular formula is C20H16F4N4O2. The lowest BCUT2D eigenvalue weighted by atomic mass is 10.1. The van der Waals surface area contributed by atoms with E-state index in [1.165, 1.54) is 17.1 Å². The summed E-state index contributed by atoms with van der Waals surface area (Å²) < 4.78 is 56.7. The van der Waals surface area contributed by atoms with Gasteiger partial charge in [0.1, 0.15) is 0 Å². The van der Waals surface area contributed by atoms with Crippen LogP contribution in [0.3, 0.4) is 0 Å². The Kier molecular flexibility index (Phi) is 5.25. The van der Waals surface area contributed by atoms with Crippen molar-refractivity contribution in [2.45, 2.75) is 25.9 Å². The van der Waals surface area contributed by atoms with Gasteiger partial charge >= 0.3 is 6.43 Å². The summed E-state index contributed by atoms with van der Waals surface area (Å²) in [6, 6.07) is 10.9. The molecule has 1 amide bonds. The molecule has 1 aromatic heterocycles. The summed E-state index contributed by atoms with van der Waals surface area (Å²) in [6.45, 7) is 0.377. The fourth-order valence-corrected chi connectivity index (χ4v) is 3.36. The summed E-state index contributed by atoms with van der Waals surface area (Å²) in [5.41, 5.74) is 1.76. The lowest BCUT2D eigenvalue weighted by Gasteiger charge is -2.28. The number of carbonyl (C=O) groups is 1. The summed E-state index contributed by atoms with van der Waals surface area (Å²) in [5, 5.41) is 9.89. The van der Waals surface area contributed by atoms with Gasteiger partial charge in [0.25, 0.3) is 18.2 Å². The van der Waals surface area contributed by atoms with Gasteiger partial charge < -0.3 is 4.42 Å². The Morgan fingerprint density at radius 2 is 1.87 bits per heavy atom. The number of hydrogen-bond acceptors (Lipinski definition) is 5. The minimum atomic E-state index is -2.89. The van der Waals surface area contributed by atoms with Crippen molar-refractivity contribution >= 4 is 5.91 Å². The van der Waals surface area contributed by atoms with Crippen molar-refractivity contribution in [2.24, 2.45) is 0 Å². The van der Waals surface area contributed by atoms with E-state index >= 15 is 0 Å². The minimum Gasteiger partial charge on any atom is -0.415 e. The maximum atomic E-state index is 13.2. The molecule has 0 saturated heterocycles. The van der Waals surface area contributed by atoms with Crippen molar-refractivity contribution in [3.8, 4) is 11.5 Å². The highest BCUT2D eigenvalue weighted by molar-refractivity contribution is 5.99. The van der Waals surface area contributed by atoms with Crippen LogP contribution in [0.4, 0.5) is 17.6 Å². The van der Waals surface area contributed by atoms with E-state index in [9.17, 15) is 22.4 Å². The highest BCUT2D eigenvalue weighted by Crippen LogP contribution is 2.31. The molecule has 0 unspecified atom stereocenters. The number of benzene rings is 2. The Hall–Kier alpha value is -3.27. The van der Waals surface area contributed by atoms with Crippen LogP contribution >= 0.6 is 0 Å². The van der Waals surface area contributed by atoms with E-state index in [1.807, 2.05) is 0 Å². The Labute approximate surface area is 168 Å². The van der Waals surface area contributed by atoms with Crippen molar-refractivity contribution in [3.05, 3.63) is 70.6 Å². The normalized spacial score (nSPS) is 13.7. The first-order valence-electron chi connectivity index (χ1n) is 8.99. The van der Waals surface area contributed by atoms with Gasteiger partial charge in [0, 0.05) is 30.3 Å². The van der Waals surface area contributed by atoms with Crippen LogP contribution in [0.5, 0.6) is 0 Å². The number of halogens is 4. The second-order valence-electron chi connectivity index (χ2n) is 6.80. The molecule has 0 saturated carbocycles. The van der Waals surface area contributed by atoms with Gasteiger partial charge in [0.2, 0.25) is 5.89 Å². The van der Waals surface area contributed by atoms with E-state index < -0.39 is 18.7 Å². The molecule has 0 atom stereocenters. The lowest BCUT2D eigenvalue weighted by Crippen LogP contribution is -2.39. The molecule has 0 N–H and O–H groups in total. The van der Waals surface area contributed by atoms with E-state index in [2.05, 4.69) is 10.2 Å². The van der Waals surface area contributed by atoms with Gasteiger partial charge in [0.15, 0.2) is 0 Å². The number of hydrogen-bond donors (Lipinski definition) is 0. The molecule has 0 fully saturated rings. The Morgan fingerprint density at radius 3 is 2.57 bits per heavy atom. The van der Waals surface area contributed by atoms with Crippen LogP contribution in [0, 0.1) is 0 Å². The molecule has 0 radical (unpaired) electrons. The molecule has 6 nitrogen and oxygen atoms in total. The van der Waals surface area contributed by atoms with Crippen LogP contribution in [0.1, 0.15) is 45.8 Å². The predicted octanol–water partition coefficient (Wildman–Crippen LogP) is 4.61. The van der Waals surface area contributed by atoms with Gasteiger partial charge in [-0.3, -0.25) is 9.80 Å². The van der Waals surface area contributed by atoms with Crippen LogP contribution in [0.2, 0.25) is 0 Å². The van der Waals surface area contributed by atoms with Crippen molar-refractivity contribution < 1.29 is 26.8 Å². The molecule has 3 aromatic rings. The predicted molar refractivity (Wildman–Crippen MR) is 97.4 cm³/mol. The lowest BCUT2D eigenvalue weighted by molar-refractivity contribution is 0.00214. The minimum absolute atomic E-state index is 0.0815. The molecule has 2 aromatic carbocycles. The van der Waals surface area contributed by atoms with Gasteiger partial charge in [-0.15, -0.1) is 10.2 Å². The summed E-state index contributed by atoms with van der Waals surface area (Å²) in [5.74, 6) is -1.24. The standard InChI is InChI=1S/C20H16F4N4O2/c1-27(9-12-4-2-3-5-14(12)16(21)22)28-10-13-7-6-11(8-15(13)20(28)29)18-25-26-19(30-18)17(23)24/h2-8,16-17H,9-10H2,1H3. The molecule has 1 aliphatic rings. The fraction of sp³-hybridized carbons (Fsp3) is 0.250. The van der Waals surface area contributed by atoms with E-state index in [0.717, 1.165) is 0 Å². The third kappa shape index (κ3) is 3.65. The maximum Gasteiger partial charge on any atom is 0.314 e. The molecule has 156 valence electrons. The summed E-state index contributed by atoms with van der Waals surface area (Å²) in [4.78, 5) is 12.9. The fourth-order valence-electron chi connectivity index (χ4n) is 3.36. The van der Waals surface area contributed by atoms with E-state index in [0.29, 0.717) is 22.3 Å². The number of carbonyl (C=O) groups excluding carboxylic acids is 1. The molecular weight excluding hydrogens is 404 g/mol. The summed E-state index contributed by atoms with van der Waals surface area (Å²) in [6.07, 6.45) is -5.50. The highest BCUT2D eigenvalue weighted by Gasteiger charge is 2.31. The average molecular weight is 420 g/mol. The smallest absolute Gasteiger partial charge is 0.314 e. The summed E-state index contributed by atoms with van der Waals surface area (Å²) in [7, 11) is 1.64. The average Bonchev–Trinajstić information content (AvgIpc) is 3.33. The van der Waals surface area contributed by atoms with Crippen LogP contribution in [0.25, 0.3) is 11.5 Å². The first-order valence-corrected chi connectivity index (χ1v) is 8.99. The Balaban J connectivity index is 1.55. The van der Waals surface area contributed by atoms with Crippen LogP contribution in [0.15, 0.2) is 46.9 Å². The van der Waals surface area contributed by atoms with Gasteiger partial charge in [-0.05, 0) is 23.3 Å². The first kappa shape index (κ1) is 20.0. The number of fused-ring (bicyclic) bond motifs is 1.